The highest BCUT2D eigenvalue weighted by Crippen LogP contribution is 2.33. The van der Waals surface area contributed by atoms with E-state index in [1.54, 1.807) is 31.3 Å². The SMILES string of the molecule is CO[C@H]1C[C@H](c2nc(C)no2)N(C(=O)c2cc3cccn3cn2)C1. The number of nitrogens with zero attached hydrogens (tertiary/aromatic N) is 5. The molecule has 1 fully saturated rings. The van der Waals surface area contributed by atoms with E-state index in [-0.39, 0.29) is 18.1 Å². The second-order valence-corrected chi connectivity index (χ2v) is 5.86. The Balaban J connectivity index is 1.67. The Bertz CT molecular complexity index is 887. The van der Waals surface area contributed by atoms with Crippen LogP contribution >= 0.6 is 0 Å². The van der Waals surface area contributed by atoms with Gasteiger partial charge in [-0.25, -0.2) is 4.98 Å². The fourth-order valence-electron chi connectivity index (χ4n) is 3.08. The van der Waals surface area contributed by atoms with Crippen LogP contribution in [0.3, 0.4) is 0 Å². The lowest BCUT2D eigenvalue weighted by Gasteiger charge is -2.21. The zero-order chi connectivity index (χ0) is 16.7. The molecule has 4 rings (SSSR count). The van der Waals surface area contributed by atoms with E-state index < -0.39 is 0 Å². The summed E-state index contributed by atoms with van der Waals surface area (Å²) in [6.45, 7) is 2.22. The summed E-state index contributed by atoms with van der Waals surface area (Å²) in [6, 6.07) is 5.32. The first kappa shape index (κ1) is 14.8. The van der Waals surface area contributed by atoms with Crippen LogP contribution in [0, 0.1) is 6.92 Å². The number of rotatable bonds is 3. The number of fused-ring (bicyclic) bond motifs is 1. The topological polar surface area (TPSA) is 85.8 Å². The average molecular weight is 327 g/mol. The summed E-state index contributed by atoms with van der Waals surface area (Å²) in [5.74, 6) is 0.814. The van der Waals surface area contributed by atoms with Gasteiger partial charge in [0.25, 0.3) is 5.91 Å². The molecule has 3 aromatic rings. The summed E-state index contributed by atoms with van der Waals surface area (Å²) in [6.07, 6.45) is 4.08. The summed E-state index contributed by atoms with van der Waals surface area (Å²) in [4.78, 5) is 23.2. The van der Waals surface area contributed by atoms with Crippen LogP contribution in [0.5, 0.6) is 0 Å². The van der Waals surface area contributed by atoms with Crippen molar-refractivity contribution in [3.05, 3.63) is 48.1 Å². The van der Waals surface area contributed by atoms with Gasteiger partial charge >= 0.3 is 0 Å². The molecule has 1 aliphatic rings. The van der Waals surface area contributed by atoms with Crippen LogP contribution in [0.1, 0.15) is 34.7 Å². The molecule has 124 valence electrons. The highest BCUT2D eigenvalue weighted by Gasteiger charge is 2.40. The van der Waals surface area contributed by atoms with Crippen molar-refractivity contribution in [2.75, 3.05) is 13.7 Å². The number of aromatic nitrogens is 4. The Morgan fingerprint density at radius 3 is 3.08 bits per heavy atom. The minimum absolute atomic E-state index is 0.0665. The maximum absolute atomic E-state index is 13.0. The van der Waals surface area contributed by atoms with E-state index in [2.05, 4.69) is 15.1 Å². The van der Waals surface area contributed by atoms with Gasteiger partial charge in [0.2, 0.25) is 5.89 Å². The summed E-state index contributed by atoms with van der Waals surface area (Å²) < 4.78 is 12.6. The normalized spacial score (nSPS) is 20.8. The van der Waals surface area contributed by atoms with Crippen molar-refractivity contribution >= 4 is 11.4 Å². The van der Waals surface area contributed by atoms with Gasteiger partial charge in [-0.05, 0) is 25.1 Å². The zero-order valence-corrected chi connectivity index (χ0v) is 13.4. The smallest absolute Gasteiger partial charge is 0.273 e. The standard InChI is InChI=1S/C16H17N5O3/c1-10-18-15(24-19-10)14-7-12(23-2)8-21(14)16(22)13-6-11-4-3-5-20(11)9-17-13/h3-6,9,12,14H,7-8H2,1-2H3/t12-,14+/m0/s1. The van der Waals surface area contributed by atoms with E-state index in [4.69, 9.17) is 9.26 Å². The first-order chi connectivity index (χ1) is 11.7. The Morgan fingerprint density at radius 2 is 2.33 bits per heavy atom. The number of ether oxygens (including phenoxy) is 1. The van der Waals surface area contributed by atoms with Crippen LogP contribution < -0.4 is 0 Å². The van der Waals surface area contributed by atoms with Gasteiger partial charge in [-0.3, -0.25) is 4.79 Å². The van der Waals surface area contributed by atoms with Crippen LogP contribution in [0.25, 0.3) is 5.52 Å². The second kappa shape index (κ2) is 5.72. The van der Waals surface area contributed by atoms with Gasteiger partial charge in [0, 0.05) is 31.8 Å². The molecule has 0 radical (unpaired) electrons. The van der Waals surface area contributed by atoms with Crippen molar-refractivity contribution in [2.45, 2.75) is 25.5 Å². The van der Waals surface area contributed by atoms with Gasteiger partial charge < -0.3 is 18.6 Å². The third-order valence-electron chi connectivity index (χ3n) is 4.32. The molecule has 3 aromatic heterocycles. The van der Waals surface area contributed by atoms with Crippen LogP contribution in [-0.2, 0) is 4.74 Å². The number of hydrogen-bond donors (Lipinski definition) is 0. The number of likely N-dealkylation sites (tertiary alicyclic amines) is 1. The van der Waals surface area contributed by atoms with Gasteiger partial charge in [-0.1, -0.05) is 5.16 Å². The lowest BCUT2D eigenvalue weighted by Crippen LogP contribution is -2.32. The lowest BCUT2D eigenvalue weighted by molar-refractivity contribution is 0.0665. The monoisotopic (exact) mass is 327 g/mol. The van der Waals surface area contributed by atoms with Gasteiger partial charge in [0.1, 0.15) is 11.7 Å². The Labute approximate surface area is 138 Å². The third-order valence-corrected chi connectivity index (χ3v) is 4.32. The van der Waals surface area contributed by atoms with Crippen molar-refractivity contribution in [2.24, 2.45) is 0 Å². The molecule has 4 heterocycles. The van der Waals surface area contributed by atoms with Crippen LogP contribution in [0.15, 0.2) is 35.2 Å². The van der Waals surface area contributed by atoms with Gasteiger partial charge in [0.15, 0.2) is 5.82 Å². The summed E-state index contributed by atoms with van der Waals surface area (Å²) in [7, 11) is 1.64. The maximum atomic E-state index is 13.0. The number of hydrogen-bond acceptors (Lipinski definition) is 6. The first-order valence-corrected chi connectivity index (χ1v) is 7.72. The van der Waals surface area contributed by atoms with Gasteiger partial charge in [-0.15, -0.1) is 0 Å². The molecule has 0 saturated carbocycles. The van der Waals surface area contributed by atoms with Crippen molar-refractivity contribution in [1.82, 2.24) is 24.4 Å². The van der Waals surface area contributed by atoms with E-state index in [0.29, 0.717) is 30.4 Å². The summed E-state index contributed by atoms with van der Waals surface area (Å²) in [5.41, 5.74) is 1.31. The van der Waals surface area contributed by atoms with Crippen LogP contribution in [-0.4, -0.2) is 50.1 Å². The molecule has 0 aromatic carbocycles. The van der Waals surface area contributed by atoms with Gasteiger partial charge in [-0.2, -0.15) is 4.98 Å². The highest BCUT2D eigenvalue weighted by molar-refractivity contribution is 5.93. The fourth-order valence-corrected chi connectivity index (χ4v) is 3.08. The number of carbonyl (C=O) groups excluding carboxylic acids is 1. The molecule has 1 aliphatic heterocycles. The van der Waals surface area contributed by atoms with E-state index in [1.807, 2.05) is 22.7 Å². The predicted molar refractivity (Wildman–Crippen MR) is 83.4 cm³/mol. The third kappa shape index (κ3) is 2.44. The molecular formula is C16H17N5O3. The summed E-state index contributed by atoms with van der Waals surface area (Å²) in [5, 5.41) is 3.83. The van der Waals surface area contributed by atoms with Crippen molar-refractivity contribution in [3.8, 4) is 0 Å². The van der Waals surface area contributed by atoms with Crippen LogP contribution in [0.4, 0.5) is 0 Å². The molecule has 24 heavy (non-hydrogen) atoms. The molecule has 2 atom stereocenters. The number of amides is 1. The van der Waals surface area contributed by atoms with E-state index in [0.717, 1.165) is 5.52 Å². The molecule has 0 spiro atoms. The Kier molecular flexibility index (Phi) is 3.53. The van der Waals surface area contributed by atoms with Gasteiger partial charge in [0.05, 0.1) is 12.4 Å². The molecule has 0 aliphatic carbocycles. The lowest BCUT2D eigenvalue weighted by atomic mass is 10.2. The molecule has 0 N–H and O–H groups in total. The molecule has 0 unspecified atom stereocenters. The molecule has 8 heteroatoms. The van der Waals surface area contributed by atoms with E-state index in [9.17, 15) is 4.79 Å². The Morgan fingerprint density at radius 1 is 1.46 bits per heavy atom. The molecule has 1 saturated heterocycles. The zero-order valence-electron chi connectivity index (χ0n) is 13.4. The number of aryl methyl sites for hydroxylation is 1. The number of carbonyl (C=O) groups is 1. The minimum atomic E-state index is -0.298. The first-order valence-electron chi connectivity index (χ1n) is 7.72. The summed E-state index contributed by atoms with van der Waals surface area (Å²) >= 11 is 0. The largest absolute Gasteiger partial charge is 0.380 e. The minimum Gasteiger partial charge on any atom is -0.380 e. The quantitative estimate of drug-likeness (QED) is 0.727. The van der Waals surface area contributed by atoms with Crippen molar-refractivity contribution < 1.29 is 14.1 Å². The molecule has 1 amide bonds. The molecular weight excluding hydrogens is 310 g/mol. The van der Waals surface area contributed by atoms with Crippen LogP contribution in [0.2, 0.25) is 0 Å². The fraction of sp³-hybridized carbons (Fsp3) is 0.375. The molecule has 8 nitrogen and oxygen atoms in total. The number of methoxy groups -OCH3 is 1. The highest BCUT2D eigenvalue weighted by atomic mass is 16.5. The predicted octanol–water partition coefficient (Wildman–Crippen LogP) is 1.63. The van der Waals surface area contributed by atoms with E-state index in [1.165, 1.54) is 0 Å². The second-order valence-electron chi connectivity index (χ2n) is 5.86. The van der Waals surface area contributed by atoms with E-state index >= 15 is 0 Å². The molecule has 0 bridgehead atoms. The Hall–Kier alpha value is -2.74. The maximum Gasteiger partial charge on any atom is 0.273 e. The average Bonchev–Trinajstić information content (AvgIpc) is 3.31. The van der Waals surface area contributed by atoms with Crippen molar-refractivity contribution in [3.63, 3.8) is 0 Å². The van der Waals surface area contributed by atoms with Crippen molar-refractivity contribution in [1.29, 1.82) is 0 Å².